The molecule has 6 atom stereocenters. The lowest BCUT2D eigenvalue weighted by atomic mass is 9.46. The monoisotopic (exact) mass is 430 g/mol. The SMILES string of the molecule is CCC.CCC(=O)OCC(=O)C1CCC2C3CCC4=CC(=O)CCC4(C)C3CCC12C. The van der Waals surface area contributed by atoms with Crippen molar-refractivity contribution in [3.63, 3.8) is 0 Å². The van der Waals surface area contributed by atoms with Gasteiger partial charge in [0.15, 0.2) is 11.6 Å². The van der Waals surface area contributed by atoms with Crippen LogP contribution in [0.15, 0.2) is 11.6 Å². The molecule has 0 aromatic carbocycles. The maximum Gasteiger partial charge on any atom is 0.305 e. The number of hydrogen-bond acceptors (Lipinski definition) is 4. The number of carbonyl (C=O) groups excluding carboxylic acids is 3. The van der Waals surface area contributed by atoms with Crippen LogP contribution >= 0.6 is 0 Å². The van der Waals surface area contributed by atoms with Crippen LogP contribution in [0.2, 0.25) is 0 Å². The van der Waals surface area contributed by atoms with Crippen LogP contribution < -0.4 is 0 Å². The minimum Gasteiger partial charge on any atom is -0.458 e. The highest BCUT2D eigenvalue weighted by Gasteiger charge is 2.60. The van der Waals surface area contributed by atoms with E-state index in [1.807, 2.05) is 6.08 Å². The van der Waals surface area contributed by atoms with Gasteiger partial charge in [-0.1, -0.05) is 46.6 Å². The van der Waals surface area contributed by atoms with E-state index in [9.17, 15) is 14.4 Å². The molecule has 0 aromatic heterocycles. The van der Waals surface area contributed by atoms with Crippen molar-refractivity contribution in [2.75, 3.05) is 6.61 Å². The quantitative estimate of drug-likeness (QED) is 0.508. The van der Waals surface area contributed by atoms with E-state index in [1.165, 1.54) is 12.0 Å². The van der Waals surface area contributed by atoms with Gasteiger partial charge in [0, 0.05) is 18.8 Å². The number of ether oxygens (including phenoxy) is 1. The zero-order valence-corrected chi connectivity index (χ0v) is 20.3. The van der Waals surface area contributed by atoms with Crippen LogP contribution in [0, 0.1) is 34.5 Å². The smallest absolute Gasteiger partial charge is 0.305 e. The molecule has 174 valence electrons. The summed E-state index contributed by atoms with van der Waals surface area (Å²) in [5.41, 5.74) is 1.61. The zero-order valence-electron chi connectivity index (χ0n) is 20.3. The summed E-state index contributed by atoms with van der Waals surface area (Å²) in [6, 6.07) is 0. The molecule has 3 saturated carbocycles. The van der Waals surface area contributed by atoms with Crippen molar-refractivity contribution in [3.8, 4) is 0 Å². The summed E-state index contributed by atoms with van der Waals surface area (Å²) < 4.78 is 5.17. The van der Waals surface area contributed by atoms with Gasteiger partial charge in [-0.25, -0.2) is 0 Å². The van der Waals surface area contributed by atoms with Crippen LogP contribution in [0.5, 0.6) is 0 Å². The normalized spacial score (nSPS) is 38.6. The predicted molar refractivity (Wildman–Crippen MR) is 122 cm³/mol. The first-order chi connectivity index (χ1) is 14.7. The molecule has 0 bridgehead atoms. The molecule has 0 aliphatic heterocycles. The molecular weight excluding hydrogens is 388 g/mol. The molecule has 0 saturated heterocycles. The van der Waals surface area contributed by atoms with E-state index in [1.54, 1.807) is 6.92 Å². The van der Waals surface area contributed by atoms with E-state index in [0.29, 0.717) is 36.4 Å². The molecule has 4 nitrogen and oxygen atoms in total. The molecule has 6 unspecified atom stereocenters. The average molecular weight is 431 g/mol. The topological polar surface area (TPSA) is 60.4 Å². The van der Waals surface area contributed by atoms with Crippen LogP contribution in [0.4, 0.5) is 0 Å². The van der Waals surface area contributed by atoms with E-state index in [2.05, 4.69) is 27.7 Å². The van der Waals surface area contributed by atoms with Gasteiger partial charge in [-0.2, -0.15) is 0 Å². The van der Waals surface area contributed by atoms with Crippen LogP contribution in [-0.2, 0) is 19.1 Å². The molecule has 31 heavy (non-hydrogen) atoms. The van der Waals surface area contributed by atoms with Gasteiger partial charge in [0.1, 0.15) is 6.61 Å². The highest BCUT2D eigenvalue weighted by molar-refractivity contribution is 5.91. The molecule has 0 amide bonds. The van der Waals surface area contributed by atoms with Crippen molar-refractivity contribution in [1.82, 2.24) is 0 Å². The fraction of sp³-hybridized carbons (Fsp3) is 0.815. The maximum atomic E-state index is 12.9. The van der Waals surface area contributed by atoms with Crippen molar-refractivity contribution in [3.05, 3.63) is 11.6 Å². The molecule has 0 spiro atoms. The standard InChI is InChI=1S/C24H34O4.C3H8/c1-4-22(27)28-14-21(26)20-8-7-18-17-6-5-15-13-16(25)9-11-23(15,2)19(17)10-12-24(18,20)3;1-3-2/h13,17-20H,4-12,14H2,1-3H3;3H2,1-2H3. The second-order valence-corrected chi connectivity index (χ2v) is 10.8. The Hall–Kier alpha value is -1.45. The van der Waals surface area contributed by atoms with Gasteiger partial charge in [0.05, 0.1) is 0 Å². The third-order valence-electron chi connectivity index (χ3n) is 9.01. The van der Waals surface area contributed by atoms with Crippen LogP contribution in [0.3, 0.4) is 0 Å². The number of rotatable bonds is 4. The number of Topliss-reactive ketones (excluding diaryl/α,β-unsaturated/α-hetero) is 1. The lowest BCUT2D eigenvalue weighted by molar-refractivity contribution is -0.150. The van der Waals surface area contributed by atoms with Crippen molar-refractivity contribution in [2.45, 2.75) is 98.8 Å². The molecule has 4 aliphatic carbocycles. The van der Waals surface area contributed by atoms with Gasteiger partial charge in [0.25, 0.3) is 0 Å². The molecule has 4 rings (SSSR count). The lowest BCUT2D eigenvalue weighted by Crippen LogP contribution is -2.51. The Kier molecular flexibility index (Phi) is 7.48. The molecule has 0 heterocycles. The Labute approximate surface area is 188 Å². The van der Waals surface area contributed by atoms with Crippen molar-refractivity contribution < 1.29 is 19.1 Å². The number of allylic oxidation sites excluding steroid dienone is 1. The van der Waals surface area contributed by atoms with Gasteiger partial charge < -0.3 is 4.74 Å². The summed E-state index contributed by atoms with van der Waals surface area (Å²) >= 11 is 0. The summed E-state index contributed by atoms with van der Waals surface area (Å²) in [4.78, 5) is 36.3. The molecule has 4 aliphatic rings. The predicted octanol–water partition coefficient (Wildman–Crippen LogP) is 6.07. The Morgan fingerprint density at radius 3 is 2.39 bits per heavy atom. The molecule has 0 radical (unpaired) electrons. The number of fused-ring (bicyclic) bond motifs is 5. The summed E-state index contributed by atoms with van der Waals surface area (Å²) in [6.45, 7) is 10.7. The van der Waals surface area contributed by atoms with E-state index >= 15 is 0 Å². The second kappa shape index (κ2) is 9.58. The third-order valence-corrected chi connectivity index (χ3v) is 9.01. The summed E-state index contributed by atoms with van der Waals surface area (Å²) in [6.07, 6.45) is 11.7. The van der Waals surface area contributed by atoms with Crippen LogP contribution in [0.25, 0.3) is 0 Å². The van der Waals surface area contributed by atoms with E-state index in [-0.39, 0.29) is 35.1 Å². The van der Waals surface area contributed by atoms with E-state index in [0.717, 1.165) is 44.9 Å². The number of ketones is 2. The van der Waals surface area contributed by atoms with E-state index < -0.39 is 0 Å². The minimum absolute atomic E-state index is 0.0285. The second-order valence-electron chi connectivity index (χ2n) is 10.8. The first kappa shape index (κ1) is 24.2. The van der Waals surface area contributed by atoms with Gasteiger partial charge in [0.2, 0.25) is 0 Å². The Morgan fingerprint density at radius 1 is 1.00 bits per heavy atom. The van der Waals surface area contributed by atoms with E-state index in [4.69, 9.17) is 4.74 Å². The van der Waals surface area contributed by atoms with Crippen LogP contribution in [0.1, 0.15) is 98.8 Å². The number of esters is 1. The number of carbonyl (C=O) groups is 3. The van der Waals surface area contributed by atoms with Crippen molar-refractivity contribution >= 4 is 17.5 Å². The maximum absolute atomic E-state index is 12.9. The van der Waals surface area contributed by atoms with Gasteiger partial charge in [-0.3, -0.25) is 14.4 Å². The number of hydrogen-bond donors (Lipinski definition) is 0. The largest absolute Gasteiger partial charge is 0.458 e. The summed E-state index contributed by atoms with van der Waals surface area (Å²) in [5, 5.41) is 0. The Morgan fingerprint density at radius 2 is 1.71 bits per heavy atom. The molecular formula is C27H42O4. The fourth-order valence-electron chi connectivity index (χ4n) is 7.44. The van der Waals surface area contributed by atoms with Crippen molar-refractivity contribution in [2.24, 2.45) is 34.5 Å². The Balaban J connectivity index is 0.000000858. The van der Waals surface area contributed by atoms with Gasteiger partial charge in [-0.05, 0) is 79.6 Å². The van der Waals surface area contributed by atoms with Crippen molar-refractivity contribution in [1.29, 1.82) is 0 Å². The first-order valence-corrected chi connectivity index (χ1v) is 12.6. The minimum atomic E-state index is -0.289. The van der Waals surface area contributed by atoms with Crippen LogP contribution in [-0.4, -0.2) is 24.1 Å². The third kappa shape index (κ3) is 4.41. The highest BCUT2D eigenvalue weighted by Crippen LogP contribution is 2.66. The Bertz CT molecular complexity index is 738. The molecule has 3 fully saturated rings. The molecule has 4 heteroatoms. The lowest BCUT2D eigenvalue weighted by Gasteiger charge is -2.58. The highest BCUT2D eigenvalue weighted by atomic mass is 16.5. The zero-order chi connectivity index (χ0) is 22.8. The first-order valence-electron chi connectivity index (χ1n) is 12.6. The fourth-order valence-corrected chi connectivity index (χ4v) is 7.44. The van der Waals surface area contributed by atoms with Gasteiger partial charge in [-0.15, -0.1) is 0 Å². The van der Waals surface area contributed by atoms with Gasteiger partial charge >= 0.3 is 5.97 Å². The summed E-state index contributed by atoms with van der Waals surface area (Å²) in [7, 11) is 0. The summed E-state index contributed by atoms with van der Waals surface area (Å²) in [5.74, 6) is 2.05. The molecule has 0 N–H and O–H groups in total. The molecule has 0 aromatic rings. The average Bonchev–Trinajstić information content (AvgIpc) is 3.10.